The Morgan fingerprint density at radius 3 is 2.31 bits per heavy atom. The predicted octanol–water partition coefficient (Wildman–Crippen LogP) is 0.0733. The van der Waals surface area contributed by atoms with Gasteiger partial charge in [0.15, 0.2) is 0 Å². The fourth-order valence-electron chi connectivity index (χ4n) is 0.871. The van der Waals surface area contributed by atoms with Gasteiger partial charge in [0.1, 0.15) is 5.60 Å². The van der Waals surface area contributed by atoms with Crippen molar-refractivity contribution in [3.8, 4) is 11.8 Å². The number of nitrogens with zero attached hydrogens (tertiary/aromatic N) is 1. The van der Waals surface area contributed by atoms with Gasteiger partial charge in [0.2, 0.25) is 0 Å². The molecular formula is C10H19NO2. The average Bonchev–Trinajstić information content (AvgIpc) is 1.81. The Hall–Kier alpha value is -0.560. The lowest BCUT2D eigenvalue weighted by atomic mass is 10.1. The molecule has 0 heterocycles. The highest BCUT2D eigenvalue weighted by atomic mass is 16.3. The predicted molar refractivity (Wildman–Crippen MR) is 53.3 cm³/mol. The van der Waals surface area contributed by atoms with E-state index in [1.54, 1.807) is 13.8 Å². The maximum atomic E-state index is 9.39. The summed E-state index contributed by atoms with van der Waals surface area (Å²) in [4.78, 5) is 1.90. The van der Waals surface area contributed by atoms with Crippen molar-refractivity contribution in [3.63, 3.8) is 0 Å². The first-order valence-electron chi connectivity index (χ1n) is 4.36. The van der Waals surface area contributed by atoms with E-state index in [4.69, 9.17) is 0 Å². The van der Waals surface area contributed by atoms with E-state index in [1.165, 1.54) is 0 Å². The molecular weight excluding hydrogens is 166 g/mol. The number of hydrogen-bond acceptors (Lipinski definition) is 3. The van der Waals surface area contributed by atoms with Gasteiger partial charge in [-0.25, -0.2) is 0 Å². The van der Waals surface area contributed by atoms with Gasteiger partial charge in [-0.3, -0.25) is 0 Å². The molecule has 0 saturated carbocycles. The van der Waals surface area contributed by atoms with Crippen molar-refractivity contribution in [1.29, 1.82) is 0 Å². The Bertz CT molecular complexity index is 195. The molecule has 0 aliphatic rings. The van der Waals surface area contributed by atoms with Gasteiger partial charge in [0, 0.05) is 13.0 Å². The van der Waals surface area contributed by atoms with Gasteiger partial charge in [-0.2, -0.15) is 0 Å². The van der Waals surface area contributed by atoms with E-state index < -0.39 is 11.7 Å². The molecule has 3 nitrogen and oxygen atoms in total. The number of aliphatic hydroxyl groups is 2. The van der Waals surface area contributed by atoms with Crippen molar-refractivity contribution >= 4 is 0 Å². The summed E-state index contributed by atoms with van der Waals surface area (Å²) < 4.78 is 0. The monoisotopic (exact) mass is 185 g/mol. The molecule has 13 heavy (non-hydrogen) atoms. The molecule has 3 heteroatoms. The molecule has 1 atom stereocenters. The Labute approximate surface area is 80.4 Å². The van der Waals surface area contributed by atoms with Gasteiger partial charge in [0.25, 0.3) is 0 Å². The minimum absolute atomic E-state index is 0.405. The molecule has 0 amide bonds. The van der Waals surface area contributed by atoms with E-state index in [9.17, 15) is 10.2 Å². The Morgan fingerprint density at radius 2 is 1.92 bits per heavy atom. The molecule has 0 aliphatic carbocycles. The molecule has 0 radical (unpaired) electrons. The van der Waals surface area contributed by atoms with Crippen LogP contribution in [0.25, 0.3) is 0 Å². The van der Waals surface area contributed by atoms with Crippen LogP contribution >= 0.6 is 0 Å². The van der Waals surface area contributed by atoms with E-state index in [1.807, 2.05) is 19.0 Å². The molecule has 2 N–H and O–H groups in total. The molecule has 1 unspecified atom stereocenters. The molecule has 0 fully saturated rings. The van der Waals surface area contributed by atoms with E-state index in [2.05, 4.69) is 11.8 Å². The highest BCUT2D eigenvalue weighted by Crippen LogP contribution is 1.98. The molecule has 0 aliphatic heterocycles. The summed E-state index contributed by atoms with van der Waals surface area (Å²) in [5.41, 5.74) is -0.960. The zero-order chi connectivity index (χ0) is 10.5. The molecule has 76 valence electrons. The van der Waals surface area contributed by atoms with Gasteiger partial charge in [-0.05, 0) is 27.9 Å². The van der Waals surface area contributed by atoms with Crippen LogP contribution in [-0.4, -0.2) is 47.5 Å². The zero-order valence-corrected chi connectivity index (χ0v) is 8.83. The maximum Gasteiger partial charge on any atom is 0.119 e. The summed E-state index contributed by atoms with van der Waals surface area (Å²) in [6.07, 6.45) is -0.0350. The number of aliphatic hydroxyl groups excluding tert-OH is 1. The molecule has 0 aromatic rings. The molecule has 0 rings (SSSR count). The lowest BCUT2D eigenvalue weighted by molar-refractivity contribution is 0.138. The molecule has 0 saturated heterocycles. The van der Waals surface area contributed by atoms with E-state index in [-0.39, 0.29) is 0 Å². The van der Waals surface area contributed by atoms with Gasteiger partial charge in [0.05, 0.1) is 6.10 Å². The number of rotatable bonds is 3. The number of likely N-dealkylation sites (N-methyl/N-ethyl adjacent to an activating group) is 1. The van der Waals surface area contributed by atoms with Crippen molar-refractivity contribution < 1.29 is 10.2 Å². The summed E-state index contributed by atoms with van der Waals surface area (Å²) in [6.45, 7) is 3.84. The fraction of sp³-hybridized carbons (Fsp3) is 0.800. The van der Waals surface area contributed by atoms with Crippen molar-refractivity contribution in [2.45, 2.75) is 32.0 Å². The van der Waals surface area contributed by atoms with Crippen molar-refractivity contribution in [2.24, 2.45) is 0 Å². The van der Waals surface area contributed by atoms with Gasteiger partial charge >= 0.3 is 0 Å². The van der Waals surface area contributed by atoms with Crippen LogP contribution in [0.4, 0.5) is 0 Å². The maximum absolute atomic E-state index is 9.39. The van der Waals surface area contributed by atoms with Crippen LogP contribution in [0, 0.1) is 11.8 Å². The third-order valence-corrected chi connectivity index (χ3v) is 1.31. The highest BCUT2D eigenvalue weighted by Gasteiger charge is 2.07. The quantitative estimate of drug-likeness (QED) is 0.612. The van der Waals surface area contributed by atoms with Crippen LogP contribution in [0.5, 0.6) is 0 Å². The highest BCUT2D eigenvalue weighted by molar-refractivity contribution is 5.10. The van der Waals surface area contributed by atoms with E-state index in [0.29, 0.717) is 13.0 Å². The molecule has 0 aromatic heterocycles. The van der Waals surface area contributed by atoms with Crippen molar-refractivity contribution in [3.05, 3.63) is 0 Å². The van der Waals surface area contributed by atoms with E-state index in [0.717, 1.165) is 0 Å². The summed E-state index contributed by atoms with van der Waals surface area (Å²) in [6, 6.07) is 0. The van der Waals surface area contributed by atoms with E-state index >= 15 is 0 Å². The van der Waals surface area contributed by atoms with Gasteiger partial charge in [-0.15, -0.1) is 0 Å². The summed E-state index contributed by atoms with van der Waals surface area (Å²) in [7, 11) is 3.79. The average molecular weight is 185 g/mol. The summed E-state index contributed by atoms with van der Waals surface area (Å²) in [5.74, 6) is 5.41. The fourth-order valence-corrected chi connectivity index (χ4v) is 0.871. The lowest BCUT2D eigenvalue weighted by Crippen LogP contribution is -2.25. The second-order valence-corrected chi connectivity index (χ2v) is 3.98. The third-order valence-electron chi connectivity index (χ3n) is 1.31. The second-order valence-electron chi connectivity index (χ2n) is 3.98. The second kappa shape index (κ2) is 5.23. The Morgan fingerprint density at radius 1 is 1.38 bits per heavy atom. The normalized spacial score (nSPS) is 13.8. The standard InChI is InChI=1S/C10H19NO2/c1-10(2,13)7-5-6-9(12)8-11(3)4/h9,12-13H,6,8H2,1-4H3. The van der Waals surface area contributed by atoms with Crippen molar-refractivity contribution in [2.75, 3.05) is 20.6 Å². The number of hydrogen-bond donors (Lipinski definition) is 2. The van der Waals surface area contributed by atoms with Crippen LogP contribution in [-0.2, 0) is 0 Å². The first-order valence-corrected chi connectivity index (χ1v) is 4.36. The first kappa shape index (κ1) is 12.4. The van der Waals surface area contributed by atoms with Gasteiger partial charge in [-0.1, -0.05) is 11.8 Å². The smallest absolute Gasteiger partial charge is 0.119 e. The largest absolute Gasteiger partial charge is 0.391 e. The van der Waals surface area contributed by atoms with Crippen LogP contribution in [0.3, 0.4) is 0 Å². The lowest BCUT2D eigenvalue weighted by Gasteiger charge is -2.13. The van der Waals surface area contributed by atoms with Crippen LogP contribution in [0.1, 0.15) is 20.3 Å². The van der Waals surface area contributed by atoms with Crippen LogP contribution in [0.15, 0.2) is 0 Å². The SMILES string of the molecule is CN(C)CC(O)CC#CC(C)(C)O. The minimum atomic E-state index is -0.960. The molecule has 0 spiro atoms. The van der Waals surface area contributed by atoms with Gasteiger partial charge < -0.3 is 15.1 Å². The Balaban J connectivity index is 3.80. The van der Waals surface area contributed by atoms with Crippen LogP contribution in [0.2, 0.25) is 0 Å². The molecule has 0 aromatic carbocycles. The van der Waals surface area contributed by atoms with Crippen molar-refractivity contribution in [1.82, 2.24) is 4.90 Å². The van der Waals surface area contributed by atoms with Crippen LogP contribution < -0.4 is 0 Å². The molecule has 0 bridgehead atoms. The summed E-state index contributed by atoms with van der Waals surface area (Å²) in [5, 5.41) is 18.6. The summed E-state index contributed by atoms with van der Waals surface area (Å²) >= 11 is 0. The zero-order valence-electron chi connectivity index (χ0n) is 8.83. The third kappa shape index (κ3) is 9.35. The topological polar surface area (TPSA) is 43.7 Å². The first-order chi connectivity index (χ1) is 5.81. The minimum Gasteiger partial charge on any atom is -0.391 e. The Kier molecular flexibility index (Phi) is 5.01.